The fourth-order valence-corrected chi connectivity index (χ4v) is 3.46. The number of benzene rings is 2. The Morgan fingerprint density at radius 3 is 2.67 bits per heavy atom. The highest BCUT2D eigenvalue weighted by atomic mass is 35.5. The molecule has 0 aliphatic heterocycles. The molecule has 1 amide bonds. The van der Waals surface area contributed by atoms with Crippen LogP contribution < -0.4 is 15.7 Å². The summed E-state index contributed by atoms with van der Waals surface area (Å²) in [4.78, 5) is 30.1. The van der Waals surface area contributed by atoms with Crippen LogP contribution in [0.4, 0.5) is 0 Å². The van der Waals surface area contributed by atoms with E-state index in [9.17, 15) is 9.59 Å². The average Bonchev–Trinajstić information content (AvgIpc) is 3.04. The number of methoxy groups -OCH3 is 1. The summed E-state index contributed by atoms with van der Waals surface area (Å²) in [6, 6.07) is 17.8. The zero-order valence-corrected chi connectivity index (χ0v) is 17.0. The van der Waals surface area contributed by atoms with Crippen molar-refractivity contribution in [2.75, 3.05) is 7.11 Å². The summed E-state index contributed by atoms with van der Waals surface area (Å²) in [5.41, 5.74) is 2.24. The zero-order valence-electron chi connectivity index (χ0n) is 16.2. The number of hydrogen-bond donors (Lipinski definition) is 1. The van der Waals surface area contributed by atoms with Crippen LogP contribution in [-0.4, -0.2) is 27.1 Å². The van der Waals surface area contributed by atoms with E-state index in [-0.39, 0.29) is 18.1 Å². The molecule has 7 nitrogen and oxygen atoms in total. The molecule has 0 spiro atoms. The number of imidazole rings is 1. The van der Waals surface area contributed by atoms with Crippen LogP contribution in [0.5, 0.6) is 5.75 Å². The molecule has 2 aromatic carbocycles. The number of amides is 1. The SMILES string of the molecule is COc1ccc(-n2c(=O)n(CC(=O)NCc3cccc(Cl)c3)c3cccnc32)cc1. The number of hydrogen-bond acceptors (Lipinski definition) is 4. The third kappa shape index (κ3) is 3.92. The topological polar surface area (TPSA) is 78.1 Å². The molecule has 0 radical (unpaired) electrons. The zero-order chi connectivity index (χ0) is 21.1. The van der Waals surface area contributed by atoms with E-state index < -0.39 is 0 Å². The number of aromatic nitrogens is 3. The van der Waals surface area contributed by atoms with Crippen LogP contribution in [0.15, 0.2) is 71.7 Å². The summed E-state index contributed by atoms with van der Waals surface area (Å²) in [5.74, 6) is 0.401. The minimum atomic E-state index is -0.341. The van der Waals surface area contributed by atoms with Crippen LogP contribution in [0, 0.1) is 0 Å². The van der Waals surface area contributed by atoms with Crippen LogP contribution in [0.3, 0.4) is 0 Å². The summed E-state index contributed by atoms with van der Waals surface area (Å²) >= 11 is 5.98. The molecule has 0 atom stereocenters. The second kappa shape index (κ2) is 8.42. The second-order valence-corrected chi connectivity index (χ2v) is 7.09. The molecular weight excluding hydrogens is 404 g/mol. The maximum absolute atomic E-state index is 13.2. The Hall–Kier alpha value is -3.58. The number of halogens is 1. The van der Waals surface area contributed by atoms with Crippen molar-refractivity contribution >= 4 is 28.7 Å². The minimum Gasteiger partial charge on any atom is -0.497 e. The first-order chi connectivity index (χ1) is 14.6. The van der Waals surface area contributed by atoms with Gasteiger partial charge in [-0.05, 0) is 54.1 Å². The van der Waals surface area contributed by atoms with Gasteiger partial charge in [0.15, 0.2) is 5.65 Å². The van der Waals surface area contributed by atoms with E-state index in [1.54, 1.807) is 61.8 Å². The number of fused-ring (bicyclic) bond motifs is 1. The molecule has 4 aromatic rings. The van der Waals surface area contributed by atoms with Gasteiger partial charge >= 0.3 is 5.69 Å². The predicted molar refractivity (Wildman–Crippen MR) is 115 cm³/mol. The summed E-state index contributed by atoms with van der Waals surface area (Å²) < 4.78 is 8.08. The van der Waals surface area contributed by atoms with Gasteiger partial charge in [-0.15, -0.1) is 0 Å². The average molecular weight is 423 g/mol. The Bertz CT molecular complexity index is 1260. The van der Waals surface area contributed by atoms with Crippen LogP contribution in [-0.2, 0) is 17.9 Å². The van der Waals surface area contributed by atoms with Gasteiger partial charge < -0.3 is 10.1 Å². The van der Waals surface area contributed by atoms with Crippen molar-refractivity contribution in [3.05, 3.63) is 87.9 Å². The highest BCUT2D eigenvalue weighted by molar-refractivity contribution is 6.30. The number of carbonyl (C=O) groups excluding carboxylic acids is 1. The van der Waals surface area contributed by atoms with Crippen molar-refractivity contribution in [3.63, 3.8) is 0 Å². The molecule has 0 bridgehead atoms. The van der Waals surface area contributed by atoms with E-state index in [0.717, 1.165) is 5.56 Å². The summed E-state index contributed by atoms with van der Waals surface area (Å²) in [6.07, 6.45) is 1.62. The lowest BCUT2D eigenvalue weighted by Crippen LogP contribution is -2.32. The molecule has 152 valence electrons. The lowest BCUT2D eigenvalue weighted by atomic mass is 10.2. The summed E-state index contributed by atoms with van der Waals surface area (Å²) in [5, 5.41) is 3.43. The van der Waals surface area contributed by atoms with E-state index in [4.69, 9.17) is 16.3 Å². The smallest absolute Gasteiger partial charge is 0.335 e. The minimum absolute atomic E-state index is 0.120. The largest absolute Gasteiger partial charge is 0.497 e. The molecule has 2 aromatic heterocycles. The number of ether oxygens (including phenoxy) is 1. The van der Waals surface area contributed by atoms with Crippen molar-refractivity contribution in [2.24, 2.45) is 0 Å². The second-order valence-electron chi connectivity index (χ2n) is 6.65. The standard InChI is InChI=1S/C22H19ClN4O3/c1-30-18-9-7-17(8-10-18)27-21-19(6-3-11-24-21)26(22(27)29)14-20(28)25-13-15-4-2-5-16(23)12-15/h2-12H,13-14H2,1H3,(H,25,28). The lowest BCUT2D eigenvalue weighted by Gasteiger charge is -2.07. The Balaban J connectivity index is 1.63. The van der Waals surface area contributed by atoms with E-state index in [0.29, 0.717) is 34.2 Å². The fourth-order valence-electron chi connectivity index (χ4n) is 3.25. The van der Waals surface area contributed by atoms with Gasteiger partial charge in [-0.2, -0.15) is 0 Å². The van der Waals surface area contributed by atoms with Crippen molar-refractivity contribution in [2.45, 2.75) is 13.1 Å². The van der Waals surface area contributed by atoms with E-state index >= 15 is 0 Å². The number of rotatable bonds is 6. The van der Waals surface area contributed by atoms with Gasteiger partial charge in [-0.3, -0.25) is 9.36 Å². The summed E-state index contributed by atoms with van der Waals surface area (Å²) in [6.45, 7) is 0.203. The predicted octanol–water partition coefficient (Wildman–Crippen LogP) is 3.17. The fraction of sp³-hybridized carbons (Fsp3) is 0.136. The normalized spacial score (nSPS) is 10.9. The Morgan fingerprint density at radius 2 is 1.93 bits per heavy atom. The van der Waals surface area contributed by atoms with E-state index in [1.807, 2.05) is 12.1 Å². The molecule has 0 saturated carbocycles. The third-order valence-electron chi connectivity index (χ3n) is 4.70. The van der Waals surface area contributed by atoms with Crippen LogP contribution >= 0.6 is 11.6 Å². The van der Waals surface area contributed by atoms with Gasteiger partial charge in [0.1, 0.15) is 12.3 Å². The lowest BCUT2D eigenvalue weighted by molar-refractivity contribution is -0.121. The first kappa shape index (κ1) is 19.7. The molecule has 30 heavy (non-hydrogen) atoms. The maximum atomic E-state index is 13.2. The summed E-state index contributed by atoms with van der Waals surface area (Å²) in [7, 11) is 1.58. The molecule has 0 saturated heterocycles. The van der Waals surface area contributed by atoms with Crippen molar-refractivity contribution in [1.82, 2.24) is 19.4 Å². The number of nitrogens with one attached hydrogen (secondary N) is 1. The number of pyridine rings is 1. The van der Waals surface area contributed by atoms with Crippen molar-refractivity contribution in [1.29, 1.82) is 0 Å². The van der Waals surface area contributed by atoms with E-state index in [2.05, 4.69) is 10.3 Å². The quantitative estimate of drug-likeness (QED) is 0.517. The molecular formula is C22H19ClN4O3. The molecule has 0 fully saturated rings. The van der Waals surface area contributed by atoms with Crippen LogP contribution in [0.1, 0.15) is 5.56 Å². The van der Waals surface area contributed by atoms with Crippen molar-refractivity contribution < 1.29 is 9.53 Å². The number of nitrogens with zero attached hydrogens (tertiary/aromatic N) is 3. The van der Waals surface area contributed by atoms with Gasteiger partial charge in [0.2, 0.25) is 5.91 Å². The third-order valence-corrected chi connectivity index (χ3v) is 4.94. The Morgan fingerprint density at radius 1 is 1.13 bits per heavy atom. The molecule has 0 aliphatic rings. The van der Waals surface area contributed by atoms with Crippen molar-refractivity contribution in [3.8, 4) is 11.4 Å². The van der Waals surface area contributed by atoms with Gasteiger partial charge in [0, 0.05) is 17.8 Å². The Labute approximate surface area is 177 Å². The first-order valence-electron chi connectivity index (χ1n) is 9.28. The molecule has 2 heterocycles. The molecule has 1 N–H and O–H groups in total. The first-order valence-corrected chi connectivity index (χ1v) is 9.66. The molecule has 0 unspecified atom stereocenters. The van der Waals surface area contributed by atoms with Crippen LogP contribution in [0.2, 0.25) is 5.02 Å². The molecule has 0 aliphatic carbocycles. The van der Waals surface area contributed by atoms with Crippen LogP contribution in [0.25, 0.3) is 16.9 Å². The molecule has 4 rings (SSSR count). The van der Waals surface area contributed by atoms with Gasteiger partial charge in [0.05, 0.1) is 18.3 Å². The van der Waals surface area contributed by atoms with Gasteiger partial charge in [-0.1, -0.05) is 23.7 Å². The van der Waals surface area contributed by atoms with E-state index in [1.165, 1.54) is 9.13 Å². The monoisotopic (exact) mass is 422 g/mol. The van der Waals surface area contributed by atoms with Gasteiger partial charge in [0.25, 0.3) is 0 Å². The maximum Gasteiger partial charge on any atom is 0.335 e. The Kier molecular flexibility index (Phi) is 5.54. The van der Waals surface area contributed by atoms with Gasteiger partial charge in [-0.25, -0.2) is 14.3 Å². The molecule has 8 heteroatoms. The number of carbonyl (C=O) groups is 1. The highest BCUT2D eigenvalue weighted by Gasteiger charge is 2.17. The highest BCUT2D eigenvalue weighted by Crippen LogP contribution is 2.18.